The van der Waals surface area contributed by atoms with E-state index in [1.807, 2.05) is 51.1 Å². The van der Waals surface area contributed by atoms with Crippen molar-refractivity contribution in [1.29, 1.82) is 0 Å². The van der Waals surface area contributed by atoms with E-state index in [1.54, 1.807) is 21.6 Å². The maximum absolute atomic E-state index is 14.5. The van der Waals surface area contributed by atoms with E-state index in [9.17, 15) is 41.1 Å². The van der Waals surface area contributed by atoms with Crippen LogP contribution in [0.2, 0.25) is 0 Å². The second-order valence-corrected chi connectivity index (χ2v) is 13.8. The Morgan fingerprint density at radius 3 is 1.93 bits per heavy atom. The molecule has 60 heavy (non-hydrogen) atoms. The highest BCUT2D eigenvalue weighted by molar-refractivity contribution is 5.83. The molecule has 0 saturated carbocycles. The Bertz CT molecular complexity index is 2310. The molecule has 320 valence electrons. The summed E-state index contributed by atoms with van der Waals surface area (Å²) in [5.41, 5.74) is 2.56. The van der Waals surface area contributed by atoms with E-state index in [1.165, 1.54) is 24.3 Å². The molecule has 0 bridgehead atoms. The van der Waals surface area contributed by atoms with E-state index >= 15 is 0 Å². The quantitative estimate of drug-likeness (QED) is 0.0903. The number of likely N-dealkylation sites (N-methyl/N-ethyl adjacent to an activating group) is 1. The van der Waals surface area contributed by atoms with Crippen LogP contribution >= 0.6 is 0 Å². The molecular weight excluding hydrogens is 795 g/mol. The zero-order chi connectivity index (χ0) is 44.3. The fourth-order valence-corrected chi connectivity index (χ4v) is 6.25. The Morgan fingerprint density at radius 1 is 0.800 bits per heavy atom. The summed E-state index contributed by atoms with van der Waals surface area (Å²) in [7, 11) is 0. The lowest BCUT2D eigenvalue weighted by Crippen LogP contribution is -2.40. The lowest BCUT2D eigenvalue weighted by Gasteiger charge is -2.28. The number of carbonyl (C=O) groups is 3. The minimum Gasteiger partial charge on any atom is -0.479 e. The number of halogens is 5. The second kappa shape index (κ2) is 20.8. The third-order valence-corrected chi connectivity index (χ3v) is 9.77. The fourth-order valence-electron chi connectivity index (χ4n) is 6.25. The Labute approximate surface area is 341 Å². The van der Waals surface area contributed by atoms with Crippen molar-refractivity contribution in [3.8, 4) is 11.1 Å². The van der Waals surface area contributed by atoms with Crippen LogP contribution in [0.1, 0.15) is 41.9 Å². The van der Waals surface area contributed by atoms with Gasteiger partial charge in [0.2, 0.25) is 5.91 Å². The number of benzene rings is 4. The number of hydrogen-bond acceptors (Lipinski definition) is 8. The molecule has 0 fully saturated rings. The van der Waals surface area contributed by atoms with Crippen molar-refractivity contribution in [3.05, 3.63) is 135 Å². The lowest BCUT2D eigenvalue weighted by atomic mass is 10.0. The normalized spacial score (nSPS) is 12.4. The predicted octanol–water partition coefficient (Wildman–Crippen LogP) is 5.70. The number of rotatable bonds is 16. The number of aliphatic carboxylic acids is 2. The van der Waals surface area contributed by atoms with Gasteiger partial charge in [-0.1, -0.05) is 68.4 Å². The van der Waals surface area contributed by atoms with Crippen molar-refractivity contribution in [2.45, 2.75) is 65.1 Å². The van der Waals surface area contributed by atoms with Crippen molar-refractivity contribution >= 4 is 28.7 Å². The van der Waals surface area contributed by atoms with Crippen LogP contribution < -0.4 is 5.56 Å². The molecule has 0 saturated heterocycles. The molecule has 0 aliphatic rings. The molecule has 5 aromatic rings. The minimum absolute atomic E-state index is 0.0680. The summed E-state index contributed by atoms with van der Waals surface area (Å²) in [5, 5.41) is 32.9. The van der Waals surface area contributed by atoms with Gasteiger partial charge in [0.05, 0.1) is 16.5 Å². The second-order valence-electron chi connectivity index (χ2n) is 13.8. The van der Waals surface area contributed by atoms with Gasteiger partial charge >= 0.3 is 18.1 Å². The Morgan fingerprint density at radius 2 is 1.38 bits per heavy atom. The molecule has 1 amide bonds. The number of aromatic nitrogens is 2. The van der Waals surface area contributed by atoms with E-state index in [0.29, 0.717) is 29.6 Å². The lowest BCUT2D eigenvalue weighted by molar-refractivity contribution is -0.165. The molecular formula is C43H45F5N4O8. The van der Waals surface area contributed by atoms with Crippen LogP contribution in [-0.4, -0.2) is 96.0 Å². The first-order valence-corrected chi connectivity index (χ1v) is 18.9. The summed E-state index contributed by atoms with van der Waals surface area (Å²) < 4.78 is 69.3. The number of carboxylic acid groups (broad SMARTS) is 2. The van der Waals surface area contributed by atoms with Gasteiger partial charge in [-0.2, -0.15) is 18.2 Å². The van der Waals surface area contributed by atoms with Crippen LogP contribution in [0.25, 0.3) is 22.0 Å². The summed E-state index contributed by atoms with van der Waals surface area (Å²) in [5.74, 6) is -5.40. The first kappa shape index (κ1) is 46.6. The van der Waals surface area contributed by atoms with Gasteiger partial charge in [-0.05, 0) is 84.6 Å². The zero-order valence-corrected chi connectivity index (χ0v) is 33.0. The van der Waals surface area contributed by atoms with Crippen molar-refractivity contribution in [2.75, 3.05) is 26.2 Å². The number of carbonyl (C=O) groups excluding carboxylic acids is 1. The maximum atomic E-state index is 14.5. The van der Waals surface area contributed by atoms with Gasteiger partial charge in [0.25, 0.3) is 5.56 Å². The summed E-state index contributed by atoms with van der Waals surface area (Å²) in [6, 6.07) is 21.5. The molecule has 0 radical (unpaired) electrons. The van der Waals surface area contributed by atoms with Crippen LogP contribution in [0.3, 0.4) is 0 Å². The largest absolute Gasteiger partial charge is 0.479 e. The fraction of sp³-hybridized carbons (Fsp3) is 0.326. The Balaban J connectivity index is 0.000000703. The molecule has 0 spiro atoms. The first-order valence-electron chi connectivity index (χ1n) is 18.9. The molecule has 1 heterocycles. The van der Waals surface area contributed by atoms with Crippen molar-refractivity contribution < 1.29 is 56.8 Å². The topological polar surface area (TPSA) is 174 Å². The molecule has 17 heteroatoms. The standard InChI is InChI=1S/C39H39F5N4O2.C4H6O6/c1-4-46(5-2)21-22-47(24-27-10-12-28(13-11-27)29-14-17-31(18-15-29)39(42,43)44)36(49)25-48-34-23-26(3)9-19-32(34)38(50)45-35(48)20-16-30-7-6-8-33(40)37(30)41;5-1(3(7)8)2(6)4(9)10/h6-15,17-19,23H,4-5,16,20-22,24-25H2,1-3H3;1-2,5-6H,(H,7,8)(H,9,10). The number of aliphatic hydroxyl groups excluding tert-OH is 2. The Kier molecular flexibility index (Phi) is 16.2. The number of fused-ring (bicyclic) bond motifs is 1. The van der Waals surface area contributed by atoms with Gasteiger partial charge < -0.3 is 34.8 Å². The number of amides is 1. The van der Waals surface area contributed by atoms with Crippen LogP contribution in [-0.2, 0) is 46.5 Å². The van der Waals surface area contributed by atoms with Crippen LogP contribution in [0, 0.1) is 18.6 Å². The average molecular weight is 841 g/mol. The van der Waals surface area contributed by atoms with Crippen LogP contribution in [0.5, 0.6) is 0 Å². The highest BCUT2D eigenvalue weighted by Crippen LogP contribution is 2.31. The van der Waals surface area contributed by atoms with E-state index in [2.05, 4.69) is 9.88 Å². The molecule has 12 nitrogen and oxygen atoms in total. The number of carboxylic acids is 2. The van der Waals surface area contributed by atoms with Crippen molar-refractivity contribution in [2.24, 2.45) is 0 Å². The molecule has 5 rings (SSSR count). The minimum atomic E-state index is -4.42. The van der Waals surface area contributed by atoms with E-state index in [-0.39, 0.29) is 43.2 Å². The Hall–Kier alpha value is -6.04. The molecule has 0 aliphatic heterocycles. The van der Waals surface area contributed by atoms with Crippen molar-refractivity contribution in [3.63, 3.8) is 0 Å². The molecule has 4 aromatic carbocycles. The third kappa shape index (κ3) is 12.2. The monoisotopic (exact) mass is 840 g/mol. The number of nitrogens with zero attached hydrogens (tertiary/aromatic N) is 4. The van der Waals surface area contributed by atoms with E-state index in [0.717, 1.165) is 48.0 Å². The van der Waals surface area contributed by atoms with Crippen LogP contribution in [0.15, 0.2) is 89.7 Å². The van der Waals surface area contributed by atoms with Gasteiger partial charge in [-0.3, -0.25) is 9.59 Å². The van der Waals surface area contributed by atoms with E-state index in [4.69, 9.17) is 20.4 Å². The highest BCUT2D eigenvalue weighted by Gasteiger charge is 2.30. The van der Waals surface area contributed by atoms with Gasteiger partial charge in [-0.25, -0.2) is 18.4 Å². The summed E-state index contributed by atoms with van der Waals surface area (Å²) in [6.07, 6.45) is -8.79. The SMILES string of the molecule is CCN(CC)CCN(Cc1ccc(-c2ccc(C(F)(F)F)cc2)cc1)C(=O)Cn1c(CCc2cccc(F)c2F)nc(=O)c2ccc(C)cc21.O=C(O)C(O)C(O)C(=O)O. The molecule has 1 aromatic heterocycles. The highest BCUT2D eigenvalue weighted by atomic mass is 19.4. The first-order chi connectivity index (χ1) is 28.3. The number of aliphatic hydroxyl groups is 2. The molecule has 2 unspecified atom stereocenters. The van der Waals surface area contributed by atoms with Crippen molar-refractivity contribution in [1.82, 2.24) is 19.4 Å². The van der Waals surface area contributed by atoms with Gasteiger partial charge in [0.1, 0.15) is 12.4 Å². The number of hydrogen-bond donors (Lipinski definition) is 4. The van der Waals surface area contributed by atoms with E-state index < -0.39 is 53.1 Å². The maximum Gasteiger partial charge on any atom is 0.416 e. The summed E-state index contributed by atoms with van der Waals surface area (Å²) in [6.45, 7) is 8.73. The summed E-state index contributed by atoms with van der Waals surface area (Å²) >= 11 is 0. The smallest absolute Gasteiger partial charge is 0.416 e. The number of aryl methyl sites for hydroxylation is 3. The molecule has 4 N–H and O–H groups in total. The molecule has 2 atom stereocenters. The molecule has 0 aliphatic carbocycles. The average Bonchev–Trinajstić information content (AvgIpc) is 3.21. The van der Waals surface area contributed by atoms with Gasteiger partial charge in [0.15, 0.2) is 23.8 Å². The zero-order valence-electron chi connectivity index (χ0n) is 33.0. The van der Waals surface area contributed by atoms with Crippen LogP contribution in [0.4, 0.5) is 22.0 Å². The van der Waals surface area contributed by atoms with Gasteiger partial charge in [0, 0.05) is 26.1 Å². The third-order valence-electron chi connectivity index (χ3n) is 9.77. The summed E-state index contributed by atoms with van der Waals surface area (Å²) in [4.78, 5) is 55.1. The van der Waals surface area contributed by atoms with Gasteiger partial charge in [-0.15, -0.1) is 0 Å². The predicted molar refractivity (Wildman–Crippen MR) is 212 cm³/mol. The number of alkyl halides is 3.